The van der Waals surface area contributed by atoms with Gasteiger partial charge >= 0.3 is 5.97 Å². The van der Waals surface area contributed by atoms with E-state index in [1.165, 1.54) is 0 Å². The van der Waals surface area contributed by atoms with Gasteiger partial charge in [-0.15, -0.1) is 0 Å². The van der Waals surface area contributed by atoms with E-state index in [2.05, 4.69) is 0 Å². The second-order valence-corrected chi connectivity index (χ2v) is 4.04. The Morgan fingerprint density at radius 2 is 2.29 bits per heavy atom. The maximum atomic E-state index is 11.3. The Morgan fingerprint density at radius 3 is 2.79 bits per heavy atom. The molecule has 14 heavy (non-hydrogen) atoms. The smallest absolute Gasteiger partial charge is 0.335 e. The van der Waals surface area contributed by atoms with Gasteiger partial charge in [-0.05, 0) is 20.8 Å². The minimum absolute atomic E-state index is 0.0549. The van der Waals surface area contributed by atoms with Crippen LogP contribution in [0.1, 0.15) is 33.6 Å². The molecule has 0 aromatic rings. The number of hydrogen-bond acceptors (Lipinski definition) is 4. The molecule has 80 valence electrons. The zero-order valence-electron chi connectivity index (χ0n) is 8.83. The van der Waals surface area contributed by atoms with Gasteiger partial charge in [0.25, 0.3) is 0 Å². The van der Waals surface area contributed by atoms with Crippen LogP contribution in [0.4, 0.5) is 0 Å². The molecule has 0 aromatic carbocycles. The van der Waals surface area contributed by atoms with Gasteiger partial charge in [-0.3, -0.25) is 4.79 Å². The summed E-state index contributed by atoms with van der Waals surface area (Å²) >= 11 is 0. The lowest BCUT2D eigenvalue weighted by Crippen LogP contribution is -2.44. The Bertz CT molecular complexity index is 245. The summed E-state index contributed by atoms with van der Waals surface area (Å²) in [7, 11) is 0. The van der Waals surface area contributed by atoms with E-state index < -0.39 is 17.7 Å². The van der Waals surface area contributed by atoms with E-state index in [0.29, 0.717) is 13.0 Å². The number of esters is 1. The van der Waals surface area contributed by atoms with Crippen molar-refractivity contribution in [3.05, 3.63) is 0 Å². The third kappa shape index (κ3) is 2.80. The summed E-state index contributed by atoms with van der Waals surface area (Å²) in [5.74, 6) is -0.382. The molecule has 0 N–H and O–H groups in total. The van der Waals surface area contributed by atoms with E-state index in [1.807, 2.05) is 0 Å². The maximum absolute atomic E-state index is 11.3. The van der Waals surface area contributed by atoms with Crippen molar-refractivity contribution in [1.82, 2.24) is 0 Å². The van der Waals surface area contributed by atoms with Crippen LogP contribution < -0.4 is 0 Å². The second-order valence-electron chi connectivity index (χ2n) is 4.04. The minimum Gasteiger partial charge on any atom is -0.464 e. The highest BCUT2D eigenvalue weighted by Gasteiger charge is 2.37. The fourth-order valence-electron chi connectivity index (χ4n) is 1.59. The Hall–Kier alpha value is -0.900. The molecule has 0 aliphatic carbocycles. The topological polar surface area (TPSA) is 52.6 Å². The minimum atomic E-state index is -0.716. The highest BCUT2D eigenvalue weighted by Crippen LogP contribution is 2.26. The standard InChI is InChI=1S/C10H16O4/c1-4-13-9(12)8-5-7(11)6-10(2,3)14-8/h8H,4-6H2,1-3H3/t8-/m1/s1. The van der Waals surface area contributed by atoms with Crippen LogP contribution in [0.3, 0.4) is 0 Å². The van der Waals surface area contributed by atoms with Crippen LogP contribution in [-0.4, -0.2) is 30.1 Å². The lowest BCUT2D eigenvalue weighted by atomic mass is 9.94. The molecule has 1 atom stereocenters. The third-order valence-corrected chi connectivity index (χ3v) is 2.05. The Kier molecular flexibility index (Phi) is 3.26. The van der Waals surface area contributed by atoms with E-state index in [0.717, 1.165) is 0 Å². The van der Waals surface area contributed by atoms with Crippen LogP contribution in [0.2, 0.25) is 0 Å². The largest absolute Gasteiger partial charge is 0.464 e. The van der Waals surface area contributed by atoms with Crippen molar-refractivity contribution >= 4 is 11.8 Å². The molecule has 0 amide bonds. The van der Waals surface area contributed by atoms with Gasteiger partial charge in [-0.25, -0.2) is 4.79 Å². The average Bonchev–Trinajstić information content (AvgIpc) is 2.00. The zero-order valence-corrected chi connectivity index (χ0v) is 8.83. The number of ketones is 1. The fraction of sp³-hybridized carbons (Fsp3) is 0.800. The number of ether oxygens (including phenoxy) is 2. The number of hydrogen-bond donors (Lipinski definition) is 0. The Labute approximate surface area is 83.6 Å². The Morgan fingerprint density at radius 1 is 1.64 bits per heavy atom. The van der Waals surface area contributed by atoms with Crippen molar-refractivity contribution in [3.8, 4) is 0 Å². The number of carbonyl (C=O) groups is 2. The summed E-state index contributed by atoms with van der Waals surface area (Å²) < 4.78 is 10.3. The van der Waals surface area contributed by atoms with Crippen molar-refractivity contribution in [2.45, 2.75) is 45.3 Å². The molecule has 0 radical (unpaired) electrons. The van der Waals surface area contributed by atoms with Crippen molar-refractivity contribution in [1.29, 1.82) is 0 Å². The third-order valence-electron chi connectivity index (χ3n) is 2.05. The molecule has 0 saturated carbocycles. The first-order valence-corrected chi connectivity index (χ1v) is 4.81. The monoisotopic (exact) mass is 200 g/mol. The highest BCUT2D eigenvalue weighted by molar-refractivity contribution is 5.87. The van der Waals surface area contributed by atoms with Crippen LogP contribution in [0, 0.1) is 0 Å². The fourth-order valence-corrected chi connectivity index (χ4v) is 1.59. The predicted octanol–water partition coefficient (Wildman–Crippen LogP) is 1.08. The summed E-state index contributed by atoms with van der Waals surface area (Å²) in [5, 5.41) is 0. The average molecular weight is 200 g/mol. The SMILES string of the molecule is CCOC(=O)[C@H]1CC(=O)CC(C)(C)O1. The normalized spacial score (nSPS) is 25.9. The molecular weight excluding hydrogens is 184 g/mol. The molecule has 4 nitrogen and oxygen atoms in total. The highest BCUT2D eigenvalue weighted by atomic mass is 16.6. The molecule has 4 heteroatoms. The first kappa shape index (κ1) is 11.2. The molecule has 0 bridgehead atoms. The molecule has 0 spiro atoms. The van der Waals surface area contributed by atoms with E-state index in [9.17, 15) is 9.59 Å². The Balaban J connectivity index is 2.62. The molecule has 1 fully saturated rings. The van der Waals surface area contributed by atoms with Crippen LogP contribution in [0.15, 0.2) is 0 Å². The van der Waals surface area contributed by atoms with E-state index in [-0.39, 0.29) is 12.2 Å². The van der Waals surface area contributed by atoms with Gasteiger partial charge in [-0.1, -0.05) is 0 Å². The molecule has 1 saturated heterocycles. The molecule has 1 aliphatic heterocycles. The number of carbonyl (C=O) groups excluding carboxylic acids is 2. The van der Waals surface area contributed by atoms with Gasteiger partial charge in [-0.2, -0.15) is 0 Å². The molecular formula is C10H16O4. The lowest BCUT2D eigenvalue weighted by molar-refractivity contribution is -0.178. The molecule has 0 unspecified atom stereocenters. The van der Waals surface area contributed by atoms with Gasteiger partial charge < -0.3 is 9.47 Å². The summed E-state index contributed by atoms with van der Waals surface area (Å²) in [6, 6.07) is 0. The molecule has 1 aliphatic rings. The molecule has 0 aromatic heterocycles. The quantitative estimate of drug-likeness (QED) is 0.626. The predicted molar refractivity (Wildman–Crippen MR) is 49.8 cm³/mol. The van der Waals surface area contributed by atoms with Crippen LogP contribution in [-0.2, 0) is 19.1 Å². The van der Waals surface area contributed by atoms with Gasteiger partial charge in [0.15, 0.2) is 6.10 Å². The van der Waals surface area contributed by atoms with Crippen molar-refractivity contribution in [2.75, 3.05) is 6.61 Å². The molecule has 1 heterocycles. The van der Waals surface area contributed by atoms with Gasteiger partial charge in [0.1, 0.15) is 5.78 Å². The second kappa shape index (κ2) is 4.09. The number of Topliss-reactive ketones (excluding diaryl/α,β-unsaturated/α-hetero) is 1. The van der Waals surface area contributed by atoms with Crippen molar-refractivity contribution in [3.63, 3.8) is 0 Å². The summed E-state index contributed by atoms with van der Waals surface area (Å²) in [6.07, 6.45) is -0.211. The first-order chi connectivity index (χ1) is 6.44. The van der Waals surface area contributed by atoms with E-state index in [4.69, 9.17) is 9.47 Å². The lowest BCUT2D eigenvalue weighted by Gasteiger charge is -2.33. The van der Waals surface area contributed by atoms with E-state index >= 15 is 0 Å². The maximum Gasteiger partial charge on any atom is 0.335 e. The zero-order chi connectivity index (χ0) is 10.8. The van der Waals surface area contributed by atoms with Gasteiger partial charge in [0.05, 0.1) is 12.2 Å². The van der Waals surface area contributed by atoms with Crippen molar-refractivity contribution in [2.24, 2.45) is 0 Å². The summed E-state index contributed by atoms with van der Waals surface area (Å²) in [4.78, 5) is 22.6. The van der Waals surface area contributed by atoms with Crippen LogP contribution >= 0.6 is 0 Å². The summed E-state index contributed by atoms with van der Waals surface area (Å²) in [6.45, 7) is 5.65. The number of rotatable bonds is 2. The van der Waals surface area contributed by atoms with Crippen molar-refractivity contribution < 1.29 is 19.1 Å². The van der Waals surface area contributed by atoms with Crippen LogP contribution in [0.25, 0.3) is 0 Å². The van der Waals surface area contributed by atoms with Gasteiger partial charge in [0, 0.05) is 12.8 Å². The van der Waals surface area contributed by atoms with Crippen LogP contribution in [0.5, 0.6) is 0 Å². The first-order valence-electron chi connectivity index (χ1n) is 4.81. The van der Waals surface area contributed by atoms with E-state index in [1.54, 1.807) is 20.8 Å². The van der Waals surface area contributed by atoms with Gasteiger partial charge in [0.2, 0.25) is 0 Å². The summed E-state index contributed by atoms with van der Waals surface area (Å²) in [5.41, 5.74) is -0.549. The molecule has 1 rings (SSSR count).